The van der Waals surface area contributed by atoms with Crippen molar-refractivity contribution in [1.82, 2.24) is 0 Å². The molecular weight excluding hydrogens is 196 g/mol. The van der Waals surface area contributed by atoms with E-state index in [1.807, 2.05) is 20.8 Å². The Morgan fingerprint density at radius 3 is 2.67 bits per heavy atom. The second kappa shape index (κ2) is 4.21. The maximum Gasteiger partial charge on any atom is 0.348 e. The summed E-state index contributed by atoms with van der Waals surface area (Å²) in [7, 11) is 0. The molecule has 0 N–H and O–H groups in total. The molecule has 4 heteroatoms. The highest BCUT2D eigenvalue weighted by Gasteiger charge is 2.46. The highest BCUT2D eigenvalue weighted by atomic mass is 16.6. The van der Waals surface area contributed by atoms with Crippen molar-refractivity contribution in [3.63, 3.8) is 0 Å². The summed E-state index contributed by atoms with van der Waals surface area (Å²) in [5.74, 6) is -0.930. The molecule has 1 heterocycles. The molecule has 0 aromatic rings. The summed E-state index contributed by atoms with van der Waals surface area (Å²) in [4.78, 5) is 22.9. The molecule has 0 aliphatic carbocycles. The first-order valence-electron chi connectivity index (χ1n) is 5.25. The molecular formula is C11H18O4. The van der Waals surface area contributed by atoms with Crippen molar-refractivity contribution in [2.75, 3.05) is 6.61 Å². The Balaban J connectivity index is 2.64. The van der Waals surface area contributed by atoms with E-state index in [2.05, 4.69) is 0 Å². The molecule has 15 heavy (non-hydrogen) atoms. The summed E-state index contributed by atoms with van der Waals surface area (Å²) in [5, 5.41) is 0. The number of carbonyl (C=O) groups excluding carboxylic acids is 2. The minimum absolute atomic E-state index is 0.172. The fraction of sp³-hybridized carbons (Fsp3) is 0.818. The van der Waals surface area contributed by atoms with Crippen molar-refractivity contribution in [3.05, 3.63) is 0 Å². The minimum atomic E-state index is -0.751. The van der Waals surface area contributed by atoms with Crippen LogP contribution in [0.4, 0.5) is 0 Å². The van der Waals surface area contributed by atoms with Gasteiger partial charge in [-0.2, -0.15) is 0 Å². The van der Waals surface area contributed by atoms with Gasteiger partial charge in [-0.1, -0.05) is 27.7 Å². The normalized spacial score (nSPS) is 25.9. The fourth-order valence-corrected chi connectivity index (χ4v) is 1.33. The van der Waals surface area contributed by atoms with Gasteiger partial charge in [0.1, 0.15) is 6.61 Å². The van der Waals surface area contributed by atoms with Crippen molar-refractivity contribution in [1.29, 1.82) is 0 Å². The molecule has 1 fully saturated rings. The molecule has 0 radical (unpaired) electrons. The summed E-state index contributed by atoms with van der Waals surface area (Å²) in [5.41, 5.74) is -0.416. The number of hydrogen-bond donors (Lipinski definition) is 0. The van der Waals surface area contributed by atoms with Crippen molar-refractivity contribution < 1.29 is 19.1 Å². The first-order valence-corrected chi connectivity index (χ1v) is 5.25. The topological polar surface area (TPSA) is 52.6 Å². The van der Waals surface area contributed by atoms with Crippen LogP contribution in [0, 0.1) is 11.3 Å². The molecule has 2 atom stereocenters. The van der Waals surface area contributed by atoms with E-state index in [9.17, 15) is 9.59 Å². The monoisotopic (exact) mass is 214 g/mol. The molecule has 0 bridgehead atoms. The first kappa shape index (κ1) is 12.0. The Hall–Kier alpha value is -1.06. The molecule has 4 nitrogen and oxygen atoms in total. The van der Waals surface area contributed by atoms with Crippen LogP contribution < -0.4 is 0 Å². The Morgan fingerprint density at radius 1 is 1.67 bits per heavy atom. The summed E-state index contributed by atoms with van der Waals surface area (Å²) in [6, 6.07) is 0. The molecule has 0 amide bonds. The van der Waals surface area contributed by atoms with E-state index >= 15 is 0 Å². The SMILES string of the molecule is CCC(C)C(=O)OC1C(=O)OCC1(C)C. The third-order valence-corrected chi connectivity index (χ3v) is 2.76. The van der Waals surface area contributed by atoms with Gasteiger partial charge in [-0.3, -0.25) is 4.79 Å². The van der Waals surface area contributed by atoms with E-state index in [4.69, 9.17) is 9.47 Å². The van der Waals surface area contributed by atoms with E-state index in [0.717, 1.165) is 0 Å². The average Bonchev–Trinajstić information content (AvgIpc) is 2.43. The number of ether oxygens (including phenoxy) is 2. The highest BCUT2D eigenvalue weighted by molar-refractivity contribution is 5.82. The van der Waals surface area contributed by atoms with Crippen LogP contribution in [-0.2, 0) is 19.1 Å². The molecule has 0 aromatic heterocycles. The summed E-state index contributed by atoms with van der Waals surface area (Å²) in [6.07, 6.45) is -0.0416. The summed E-state index contributed by atoms with van der Waals surface area (Å²) < 4.78 is 10.1. The van der Waals surface area contributed by atoms with Gasteiger partial charge in [-0.05, 0) is 6.42 Å². The maximum absolute atomic E-state index is 11.5. The van der Waals surface area contributed by atoms with E-state index in [-0.39, 0.29) is 11.9 Å². The Labute approximate surface area is 89.9 Å². The Morgan fingerprint density at radius 2 is 2.27 bits per heavy atom. The van der Waals surface area contributed by atoms with Crippen LogP contribution in [0.15, 0.2) is 0 Å². The van der Waals surface area contributed by atoms with Crippen molar-refractivity contribution >= 4 is 11.9 Å². The molecule has 1 aliphatic heterocycles. The predicted molar refractivity (Wildman–Crippen MR) is 54.1 cm³/mol. The van der Waals surface area contributed by atoms with Gasteiger partial charge in [0.2, 0.25) is 6.10 Å². The van der Waals surface area contributed by atoms with Gasteiger partial charge in [-0.25, -0.2) is 4.79 Å². The van der Waals surface area contributed by atoms with Gasteiger partial charge in [-0.15, -0.1) is 0 Å². The smallest absolute Gasteiger partial charge is 0.348 e. The van der Waals surface area contributed by atoms with Crippen molar-refractivity contribution in [3.8, 4) is 0 Å². The van der Waals surface area contributed by atoms with Gasteiger partial charge in [0.25, 0.3) is 0 Å². The zero-order valence-corrected chi connectivity index (χ0v) is 9.70. The second-order valence-electron chi connectivity index (χ2n) is 4.72. The van der Waals surface area contributed by atoms with Gasteiger partial charge in [0.05, 0.1) is 5.92 Å². The lowest BCUT2D eigenvalue weighted by Gasteiger charge is -2.22. The highest BCUT2D eigenvalue weighted by Crippen LogP contribution is 2.31. The van der Waals surface area contributed by atoms with E-state index in [1.165, 1.54) is 0 Å². The number of carbonyl (C=O) groups is 2. The molecule has 1 aliphatic rings. The van der Waals surface area contributed by atoms with Crippen LogP contribution in [0.3, 0.4) is 0 Å². The number of esters is 2. The third kappa shape index (κ3) is 2.49. The molecule has 0 aromatic carbocycles. The van der Waals surface area contributed by atoms with Crippen molar-refractivity contribution in [2.24, 2.45) is 11.3 Å². The number of cyclic esters (lactones) is 1. The Bertz CT molecular complexity index is 270. The Kier molecular flexibility index (Phi) is 3.37. The van der Waals surface area contributed by atoms with Gasteiger partial charge in [0.15, 0.2) is 0 Å². The maximum atomic E-state index is 11.5. The zero-order valence-electron chi connectivity index (χ0n) is 9.70. The summed E-state index contributed by atoms with van der Waals surface area (Å²) >= 11 is 0. The molecule has 1 rings (SSSR count). The van der Waals surface area contributed by atoms with E-state index in [1.54, 1.807) is 6.92 Å². The summed E-state index contributed by atoms with van der Waals surface area (Å²) in [6.45, 7) is 7.71. The van der Waals surface area contributed by atoms with Gasteiger partial charge < -0.3 is 9.47 Å². The van der Waals surface area contributed by atoms with Crippen molar-refractivity contribution in [2.45, 2.75) is 40.2 Å². The van der Waals surface area contributed by atoms with Gasteiger partial charge >= 0.3 is 11.9 Å². The quantitative estimate of drug-likeness (QED) is 0.668. The molecule has 0 spiro atoms. The number of rotatable bonds is 3. The molecule has 2 unspecified atom stereocenters. The van der Waals surface area contributed by atoms with E-state index < -0.39 is 17.5 Å². The minimum Gasteiger partial charge on any atom is -0.462 e. The average molecular weight is 214 g/mol. The lowest BCUT2D eigenvalue weighted by Crippen LogP contribution is -2.36. The molecule has 0 saturated carbocycles. The van der Waals surface area contributed by atoms with Crippen LogP contribution in [0.5, 0.6) is 0 Å². The van der Waals surface area contributed by atoms with Crippen LogP contribution in [0.2, 0.25) is 0 Å². The van der Waals surface area contributed by atoms with Crippen LogP contribution in [0.1, 0.15) is 34.1 Å². The lowest BCUT2D eigenvalue weighted by molar-refractivity contribution is -0.166. The largest absolute Gasteiger partial charge is 0.462 e. The molecule has 86 valence electrons. The zero-order chi connectivity index (χ0) is 11.6. The van der Waals surface area contributed by atoms with Crippen LogP contribution in [0.25, 0.3) is 0 Å². The standard InChI is InChI=1S/C11H18O4/c1-5-7(2)9(12)15-8-10(13)14-6-11(8,3)4/h7-8H,5-6H2,1-4H3. The third-order valence-electron chi connectivity index (χ3n) is 2.76. The van der Waals surface area contributed by atoms with E-state index in [0.29, 0.717) is 13.0 Å². The second-order valence-corrected chi connectivity index (χ2v) is 4.72. The molecule has 1 saturated heterocycles. The van der Waals surface area contributed by atoms with Crippen LogP contribution in [-0.4, -0.2) is 24.6 Å². The number of hydrogen-bond acceptors (Lipinski definition) is 4. The van der Waals surface area contributed by atoms with Crippen LogP contribution >= 0.6 is 0 Å². The first-order chi connectivity index (χ1) is 6.88. The predicted octanol–water partition coefficient (Wildman–Crippen LogP) is 1.53. The fourth-order valence-electron chi connectivity index (χ4n) is 1.33. The lowest BCUT2D eigenvalue weighted by atomic mass is 9.89. The van der Waals surface area contributed by atoms with Gasteiger partial charge in [0, 0.05) is 5.41 Å².